The summed E-state index contributed by atoms with van der Waals surface area (Å²) in [6, 6.07) is 2.75. The van der Waals surface area contributed by atoms with E-state index in [4.69, 9.17) is 0 Å². The predicted octanol–water partition coefficient (Wildman–Crippen LogP) is 1.79. The van der Waals surface area contributed by atoms with Gasteiger partial charge in [-0.05, 0) is 40.8 Å². The Labute approximate surface area is 119 Å². The molecule has 0 spiro atoms. The first-order valence-electron chi connectivity index (χ1n) is 7.24. The minimum absolute atomic E-state index is 0.319. The second kappa shape index (κ2) is 8.52. The molecule has 4 heteroatoms. The zero-order chi connectivity index (χ0) is 15.1. The van der Waals surface area contributed by atoms with E-state index in [0.717, 1.165) is 26.2 Å². The van der Waals surface area contributed by atoms with Crippen molar-refractivity contribution in [2.24, 2.45) is 5.92 Å². The number of hydrogen-bond donors (Lipinski definition) is 1. The molecule has 0 saturated heterocycles. The van der Waals surface area contributed by atoms with Crippen molar-refractivity contribution >= 4 is 0 Å². The fraction of sp³-hybridized carbons (Fsp3) is 0.933. The molecular weight excluding hydrogens is 236 g/mol. The highest BCUT2D eigenvalue weighted by molar-refractivity contribution is 5.06. The molecule has 0 aromatic rings. The molecule has 0 bridgehead atoms. The molecular formula is C15H32N4. The molecule has 112 valence electrons. The fourth-order valence-electron chi connectivity index (χ4n) is 2.29. The van der Waals surface area contributed by atoms with Crippen molar-refractivity contribution in [3.8, 4) is 6.07 Å². The lowest BCUT2D eigenvalue weighted by molar-refractivity contribution is 0.179. The molecule has 0 aliphatic carbocycles. The Hall–Kier alpha value is -0.630. The smallest absolute Gasteiger partial charge is 0.116 e. The number of nitrogens with zero attached hydrogens (tertiary/aromatic N) is 3. The van der Waals surface area contributed by atoms with Crippen LogP contribution < -0.4 is 5.32 Å². The normalized spacial score (nSPS) is 15.3. The minimum atomic E-state index is -0.477. The molecule has 0 aliphatic rings. The molecule has 0 aromatic heterocycles. The summed E-state index contributed by atoms with van der Waals surface area (Å²) in [7, 11) is 4.17. The standard InChI is InChI=1S/C15H32N4/c1-13(2)10-19(9-8-18(6)7)12-15(5,11-16)17-14(3)4/h13-14,17H,8-10,12H2,1-7H3. The first-order chi connectivity index (χ1) is 8.68. The van der Waals surface area contributed by atoms with Crippen molar-refractivity contribution in [3.05, 3.63) is 0 Å². The van der Waals surface area contributed by atoms with E-state index < -0.39 is 5.54 Å². The van der Waals surface area contributed by atoms with E-state index in [1.54, 1.807) is 0 Å². The summed E-state index contributed by atoms with van der Waals surface area (Å²) in [5.74, 6) is 0.615. The highest BCUT2D eigenvalue weighted by Crippen LogP contribution is 2.09. The molecule has 0 saturated carbocycles. The van der Waals surface area contributed by atoms with Gasteiger partial charge in [0.25, 0.3) is 0 Å². The van der Waals surface area contributed by atoms with E-state index in [2.05, 4.69) is 63.0 Å². The molecule has 1 N–H and O–H groups in total. The summed E-state index contributed by atoms with van der Waals surface area (Å²) in [6.07, 6.45) is 0. The van der Waals surface area contributed by atoms with Gasteiger partial charge in [0.2, 0.25) is 0 Å². The third-order valence-electron chi connectivity index (χ3n) is 2.88. The Morgan fingerprint density at radius 2 is 1.74 bits per heavy atom. The van der Waals surface area contributed by atoms with E-state index >= 15 is 0 Å². The second-order valence-corrected chi connectivity index (χ2v) is 6.68. The molecule has 19 heavy (non-hydrogen) atoms. The maximum Gasteiger partial charge on any atom is 0.116 e. The van der Waals surface area contributed by atoms with E-state index in [1.165, 1.54) is 0 Å². The third kappa shape index (κ3) is 8.99. The van der Waals surface area contributed by atoms with Crippen LogP contribution in [-0.4, -0.2) is 61.7 Å². The van der Waals surface area contributed by atoms with Gasteiger partial charge in [-0.3, -0.25) is 10.2 Å². The first kappa shape index (κ1) is 18.4. The monoisotopic (exact) mass is 268 g/mol. The van der Waals surface area contributed by atoms with Crippen molar-refractivity contribution in [1.29, 1.82) is 5.26 Å². The maximum absolute atomic E-state index is 9.45. The van der Waals surface area contributed by atoms with Gasteiger partial charge in [0.05, 0.1) is 6.07 Å². The second-order valence-electron chi connectivity index (χ2n) is 6.68. The van der Waals surface area contributed by atoms with E-state index in [0.29, 0.717) is 12.0 Å². The minimum Gasteiger partial charge on any atom is -0.308 e. The Kier molecular flexibility index (Phi) is 8.24. The van der Waals surface area contributed by atoms with E-state index in [9.17, 15) is 5.26 Å². The average Bonchev–Trinajstić information content (AvgIpc) is 2.24. The topological polar surface area (TPSA) is 42.3 Å². The SMILES string of the molecule is CC(C)CN(CCN(C)C)CC(C)(C#N)NC(C)C. The van der Waals surface area contributed by atoms with Crippen LogP contribution in [0.25, 0.3) is 0 Å². The number of hydrogen-bond acceptors (Lipinski definition) is 4. The Morgan fingerprint density at radius 1 is 1.16 bits per heavy atom. The highest BCUT2D eigenvalue weighted by atomic mass is 15.2. The van der Waals surface area contributed by atoms with Crippen LogP contribution in [0.15, 0.2) is 0 Å². The maximum atomic E-state index is 9.45. The number of nitrogens with one attached hydrogen (secondary N) is 1. The Bertz CT molecular complexity index is 280. The summed E-state index contributed by atoms with van der Waals surface area (Å²) in [5, 5.41) is 12.8. The molecule has 1 atom stereocenters. The van der Waals surface area contributed by atoms with Crippen LogP contribution in [0.5, 0.6) is 0 Å². The van der Waals surface area contributed by atoms with Crippen LogP contribution in [0.3, 0.4) is 0 Å². The summed E-state index contributed by atoms with van der Waals surface area (Å²) in [6.45, 7) is 14.4. The van der Waals surface area contributed by atoms with Gasteiger partial charge in [0.1, 0.15) is 5.54 Å². The van der Waals surface area contributed by atoms with Gasteiger partial charge in [-0.15, -0.1) is 0 Å². The number of rotatable bonds is 9. The van der Waals surface area contributed by atoms with Crippen LogP contribution in [0, 0.1) is 17.2 Å². The van der Waals surface area contributed by atoms with Gasteiger partial charge in [0, 0.05) is 32.2 Å². The van der Waals surface area contributed by atoms with Crippen molar-refractivity contribution in [3.63, 3.8) is 0 Å². The number of likely N-dealkylation sites (N-methyl/N-ethyl adjacent to an activating group) is 1. The van der Waals surface area contributed by atoms with Crippen molar-refractivity contribution in [2.45, 2.75) is 46.2 Å². The molecule has 1 unspecified atom stereocenters. The van der Waals surface area contributed by atoms with Gasteiger partial charge in [-0.1, -0.05) is 13.8 Å². The van der Waals surface area contributed by atoms with Gasteiger partial charge < -0.3 is 4.90 Å². The van der Waals surface area contributed by atoms with E-state index in [1.807, 2.05) is 6.92 Å². The lowest BCUT2D eigenvalue weighted by Crippen LogP contribution is -2.54. The number of nitriles is 1. The zero-order valence-corrected chi connectivity index (χ0v) is 13.8. The first-order valence-corrected chi connectivity index (χ1v) is 7.24. The van der Waals surface area contributed by atoms with Gasteiger partial charge in [0.15, 0.2) is 0 Å². The van der Waals surface area contributed by atoms with Crippen molar-refractivity contribution in [1.82, 2.24) is 15.1 Å². The highest BCUT2D eigenvalue weighted by Gasteiger charge is 2.27. The molecule has 0 aromatic carbocycles. The largest absolute Gasteiger partial charge is 0.308 e. The average molecular weight is 268 g/mol. The fourth-order valence-corrected chi connectivity index (χ4v) is 2.29. The molecule has 0 aliphatic heterocycles. The quantitative estimate of drug-likeness (QED) is 0.692. The van der Waals surface area contributed by atoms with Gasteiger partial charge >= 0.3 is 0 Å². The van der Waals surface area contributed by atoms with Crippen LogP contribution in [0.1, 0.15) is 34.6 Å². The zero-order valence-electron chi connectivity index (χ0n) is 13.8. The third-order valence-corrected chi connectivity index (χ3v) is 2.88. The van der Waals surface area contributed by atoms with Gasteiger partial charge in [-0.25, -0.2) is 0 Å². The molecule has 0 heterocycles. The molecule has 0 radical (unpaired) electrons. The molecule has 0 rings (SSSR count). The van der Waals surface area contributed by atoms with Crippen LogP contribution >= 0.6 is 0 Å². The summed E-state index contributed by atoms with van der Waals surface area (Å²) in [4.78, 5) is 4.58. The summed E-state index contributed by atoms with van der Waals surface area (Å²) in [5.41, 5.74) is -0.477. The molecule has 0 amide bonds. The summed E-state index contributed by atoms with van der Waals surface area (Å²) < 4.78 is 0. The van der Waals surface area contributed by atoms with Gasteiger partial charge in [-0.2, -0.15) is 5.26 Å². The lowest BCUT2D eigenvalue weighted by Gasteiger charge is -2.34. The Balaban J connectivity index is 4.62. The van der Waals surface area contributed by atoms with Crippen molar-refractivity contribution in [2.75, 3.05) is 40.3 Å². The van der Waals surface area contributed by atoms with Crippen LogP contribution in [-0.2, 0) is 0 Å². The lowest BCUT2D eigenvalue weighted by atomic mass is 10.0. The van der Waals surface area contributed by atoms with Crippen molar-refractivity contribution < 1.29 is 0 Å². The Morgan fingerprint density at radius 3 is 2.11 bits per heavy atom. The van der Waals surface area contributed by atoms with Crippen LogP contribution in [0.2, 0.25) is 0 Å². The molecule has 0 fully saturated rings. The molecule has 4 nitrogen and oxygen atoms in total. The summed E-state index contributed by atoms with van der Waals surface area (Å²) >= 11 is 0. The van der Waals surface area contributed by atoms with E-state index in [-0.39, 0.29) is 0 Å². The predicted molar refractivity (Wildman–Crippen MR) is 82.1 cm³/mol. The van der Waals surface area contributed by atoms with Crippen LogP contribution in [0.4, 0.5) is 0 Å².